The van der Waals surface area contributed by atoms with Crippen LogP contribution in [0.1, 0.15) is 0 Å². The summed E-state index contributed by atoms with van der Waals surface area (Å²) in [5.41, 5.74) is 8.54. The van der Waals surface area contributed by atoms with E-state index in [0.29, 0.717) is 0 Å². The van der Waals surface area contributed by atoms with Crippen molar-refractivity contribution < 1.29 is 0 Å². The average molecular weight is 646 g/mol. The molecule has 0 saturated heterocycles. The summed E-state index contributed by atoms with van der Waals surface area (Å²) in [7, 11) is 0. The SMILES string of the molecule is c1ccc2cc(-n3c4ccccc4c4cc(-c5ccc(-c6cccc7cc8c9ccccc9c9ccccc9c8cc67)cc5)ccc43)ccc2c1. The van der Waals surface area contributed by atoms with Crippen molar-refractivity contribution in [3.05, 3.63) is 188 Å². The minimum Gasteiger partial charge on any atom is -0.309 e. The van der Waals surface area contributed by atoms with E-state index in [1.54, 1.807) is 0 Å². The molecule has 11 rings (SSSR count). The highest BCUT2D eigenvalue weighted by Crippen LogP contribution is 2.40. The number of para-hydroxylation sites is 1. The predicted molar refractivity (Wildman–Crippen MR) is 219 cm³/mol. The molecular weight excluding hydrogens is 615 g/mol. The van der Waals surface area contributed by atoms with Crippen molar-refractivity contribution in [2.75, 3.05) is 0 Å². The normalized spacial score (nSPS) is 11.9. The van der Waals surface area contributed by atoms with Gasteiger partial charge in [0.25, 0.3) is 0 Å². The number of aromatic nitrogens is 1. The molecule has 0 saturated carbocycles. The summed E-state index contributed by atoms with van der Waals surface area (Å²) >= 11 is 0. The van der Waals surface area contributed by atoms with E-state index in [4.69, 9.17) is 0 Å². The third kappa shape index (κ3) is 4.28. The van der Waals surface area contributed by atoms with Gasteiger partial charge < -0.3 is 4.57 Å². The van der Waals surface area contributed by atoms with Crippen LogP contribution in [-0.4, -0.2) is 4.57 Å². The van der Waals surface area contributed by atoms with Crippen molar-refractivity contribution in [2.45, 2.75) is 0 Å². The Bertz CT molecular complexity index is 3180. The Morgan fingerprint density at radius 3 is 1.59 bits per heavy atom. The fourth-order valence-corrected chi connectivity index (χ4v) is 8.52. The first-order valence-electron chi connectivity index (χ1n) is 17.7. The highest BCUT2D eigenvalue weighted by atomic mass is 15.0. The molecule has 10 aromatic carbocycles. The molecule has 0 amide bonds. The van der Waals surface area contributed by atoms with Gasteiger partial charge in [-0.05, 0) is 119 Å². The van der Waals surface area contributed by atoms with Crippen LogP contribution in [0.4, 0.5) is 0 Å². The van der Waals surface area contributed by atoms with Crippen LogP contribution in [0.3, 0.4) is 0 Å². The van der Waals surface area contributed by atoms with Crippen molar-refractivity contribution in [2.24, 2.45) is 0 Å². The zero-order valence-corrected chi connectivity index (χ0v) is 27.8. The number of nitrogens with zero attached hydrogens (tertiary/aromatic N) is 1. The van der Waals surface area contributed by atoms with Crippen molar-refractivity contribution >= 4 is 75.7 Å². The van der Waals surface area contributed by atoms with E-state index >= 15 is 0 Å². The van der Waals surface area contributed by atoms with E-state index in [9.17, 15) is 0 Å². The summed E-state index contributed by atoms with van der Waals surface area (Å²) in [5.74, 6) is 0. The third-order valence-electron chi connectivity index (χ3n) is 10.9. The predicted octanol–water partition coefficient (Wildman–Crippen LogP) is 13.9. The van der Waals surface area contributed by atoms with Crippen LogP contribution in [0.2, 0.25) is 0 Å². The summed E-state index contributed by atoms with van der Waals surface area (Å²) in [4.78, 5) is 0. The molecule has 51 heavy (non-hydrogen) atoms. The van der Waals surface area contributed by atoms with Crippen LogP contribution in [0.5, 0.6) is 0 Å². The maximum absolute atomic E-state index is 2.42. The first-order chi connectivity index (χ1) is 25.3. The first kappa shape index (κ1) is 28.2. The Labute approximate surface area is 295 Å². The minimum atomic E-state index is 1.18. The highest BCUT2D eigenvalue weighted by molar-refractivity contribution is 6.27. The number of rotatable bonds is 3. The van der Waals surface area contributed by atoms with E-state index in [-0.39, 0.29) is 0 Å². The van der Waals surface area contributed by atoms with Crippen molar-refractivity contribution in [3.63, 3.8) is 0 Å². The molecule has 0 bridgehead atoms. The number of benzene rings is 10. The van der Waals surface area contributed by atoms with E-state index < -0.39 is 0 Å². The smallest absolute Gasteiger partial charge is 0.0541 e. The first-order valence-corrected chi connectivity index (χ1v) is 17.7. The van der Waals surface area contributed by atoms with E-state index in [1.807, 2.05) is 0 Å². The molecule has 1 heteroatoms. The lowest BCUT2D eigenvalue weighted by Crippen LogP contribution is -1.93. The summed E-state index contributed by atoms with van der Waals surface area (Å²) in [6.07, 6.45) is 0. The lowest BCUT2D eigenvalue weighted by atomic mass is 9.90. The van der Waals surface area contributed by atoms with Gasteiger partial charge in [-0.25, -0.2) is 0 Å². The van der Waals surface area contributed by atoms with Gasteiger partial charge in [0.2, 0.25) is 0 Å². The molecule has 0 spiro atoms. The van der Waals surface area contributed by atoms with Gasteiger partial charge >= 0.3 is 0 Å². The zero-order valence-electron chi connectivity index (χ0n) is 27.8. The minimum absolute atomic E-state index is 1.18. The lowest BCUT2D eigenvalue weighted by molar-refractivity contribution is 1.19. The third-order valence-corrected chi connectivity index (χ3v) is 10.9. The highest BCUT2D eigenvalue weighted by Gasteiger charge is 2.15. The maximum atomic E-state index is 2.42. The summed E-state index contributed by atoms with van der Waals surface area (Å²) < 4.78 is 2.40. The Kier molecular flexibility index (Phi) is 6.02. The Balaban J connectivity index is 1.03. The summed E-state index contributed by atoms with van der Waals surface area (Å²) in [6, 6.07) is 69.3. The topological polar surface area (TPSA) is 4.93 Å². The fourth-order valence-electron chi connectivity index (χ4n) is 8.52. The molecule has 1 nitrogen and oxygen atoms in total. The molecule has 0 fully saturated rings. The Morgan fingerprint density at radius 2 is 0.824 bits per heavy atom. The zero-order chi connectivity index (χ0) is 33.5. The Hall–Kier alpha value is -6.70. The van der Waals surface area contributed by atoms with Gasteiger partial charge in [-0.3, -0.25) is 0 Å². The van der Waals surface area contributed by atoms with E-state index in [2.05, 4.69) is 193 Å². The summed E-state index contributed by atoms with van der Waals surface area (Å²) in [5, 5.41) is 15.4. The van der Waals surface area contributed by atoms with Crippen molar-refractivity contribution in [1.82, 2.24) is 4.57 Å². The molecular formula is C50H31N. The van der Waals surface area contributed by atoms with Gasteiger partial charge in [0.05, 0.1) is 11.0 Å². The molecule has 1 aromatic heterocycles. The van der Waals surface area contributed by atoms with Crippen LogP contribution >= 0.6 is 0 Å². The van der Waals surface area contributed by atoms with Crippen LogP contribution < -0.4 is 0 Å². The molecule has 0 atom stereocenters. The van der Waals surface area contributed by atoms with Gasteiger partial charge in [0, 0.05) is 16.5 Å². The molecule has 0 aliphatic heterocycles. The van der Waals surface area contributed by atoms with E-state index in [0.717, 1.165) is 0 Å². The van der Waals surface area contributed by atoms with Crippen LogP contribution in [0, 0.1) is 0 Å². The standard InChI is InChI=1S/C50H31N/c1-2-11-35-28-38(26-24-32(35)10-1)51-49-19-8-7-17-44(49)48-29-36(25-27-50(48)51)33-20-22-34(23-21-33)39-18-9-12-37-30-46-42-15-5-3-13-40(42)41-14-4-6-16-43(41)47(46)31-45(37)39/h1-31H. The lowest BCUT2D eigenvalue weighted by Gasteiger charge is -2.14. The molecule has 0 unspecified atom stereocenters. The molecule has 236 valence electrons. The number of fused-ring (bicyclic) bond motifs is 11. The molecule has 0 aliphatic carbocycles. The van der Waals surface area contributed by atoms with Crippen LogP contribution in [0.25, 0.3) is 104 Å². The van der Waals surface area contributed by atoms with Gasteiger partial charge in [-0.1, -0.05) is 146 Å². The molecule has 0 radical (unpaired) electrons. The maximum Gasteiger partial charge on any atom is 0.0541 e. The fraction of sp³-hybridized carbons (Fsp3) is 0. The van der Waals surface area contributed by atoms with Crippen LogP contribution in [0.15, 0.2) is 188 Å². The van der Waals surface area contributed by atoms with Gasteiger partial charge in [-0.2, -0.15) is 0 Å². The molecule has 0 aliphatic rings. The van der Waals surface area contributed by atoms with Gasteiger partial charge in [-0.15, -0.1) is 0 Å². The largest absolute Gasteiger partial charge is 0.309 e. The number of hydrogen-bond donors (Lipinski definition) is 0. The average Bonchev–Trinajstić information content (AvgIpc) is 3.54. The Morgan fingerprint density at radius 1 is 0.255 bits per heavy atom. The second kappa shape index (κ2) is 10.9. The second-order valence-corrected chi connectivity index (χ2v) is 13.7. The van der Waals surface area contributed by atoms with Crippen LogP contribution in [-0.2, 0) is 0 Å². The van der Waals surface area contributed by atoms with Gasteiger partial charge in [0.15, 0.2) is 0 Å². The summed E-state index contributed by atoms with van der Waals surface area (Å²) in [6.45, 7) is 0. The van der Waals surface area contributed by atoms with Crippen molar-refractivity contribution in [3.8, 4) is 27.9 Å². The molecule has 0 N–H and O–H groups in total. The van der Waals surface area contributed by atoms with Crippen molar-refractivity contribution in [1.29, 1.82) is 0 Å². The second-order valence-electron chi connectivity index (χ2n) is 13.7. The molecule has 1 heterocycles. The quantitative estimate of drug-likeness (QED) is 0.133. The van der Waals surface area contributed by atoms with Gasteiger partial charge in [0.1, 0.15) is 0 Å². The molecule has 11 aromatic rings. The number of hydrogen-bond acceptors (Lipinski definition) is 0. The van der Waals surface area contributed by atoms with E-state index in [1.165, 1.54) is 104 Å². The monoisotopic (exact) mass is 645 g/mol.